The second-order valence-corrected chi connectivity index (χ2v) is 8.47. The Morgan fingerprint density at radius 2 is 1.96 bits per heavy atom. The van der Waals surface area contributed by atoms with Gasteiger partial charge in [-0.1, -0.05) is 18.2 Å². The molecule has 0 N–H and O–H groups in total. The fourth-order valence-electron chi connectivity index (χ4n) is 3.11. The van der Waals surface area contributed by atoms with E-state index in [1.165, 1.54) is 17.0 Å². The second kappa shape index (κ2) is 6.92. The Morgan fingerprint density at radius 1 is 1.24 bits per heavy atom. The van der Waals surface area contributed by atoms with E-state index in [9.17, 15) is 17.6 Å². The second-order valence-electron chi connectivity index (χ2n) is 6.25. The third kappa shape index (κ3) is 3.87. The molecule has 1 saturated heterocycles. The van der Waals surface area contributed by atoms with Gasteiger partial charge in [0, 0.05) is 19.3 Å². The number of sulfone groups is 1. The molecule has 1 fully saturated rings. The van der Waals surface area contributed by atoms with Crippen molar-refractivity contribution in [2.75, 3.05) is 18.6 Å². The van der Waals surface area contributed by atoms with E-state index < -0.39 is 15.8 Å². The van der Waals surface area contributed by atoms with Crippen LogP contribution in [-0.4, -0.2) is 48.8 Å². The maximum atomic E-state index is 13.3. The predicted octanol–water partition coefficient (Wildman–Crippen LogP) is 2.00. The Labute approximate surface area is 146 Å². The number of hydrogen-bond acceptors (Lipinski definition) is 4. The fourth-order valence-corrected chi connectivity index (χ4v) is 4.88. The van der Waals surface area contributed by atoms with Crippen molar-refractivity contribution in [3.8, 4) is 0 Å². The van der Waals surface area contributed by atoms with Gasteiger partial charge in [-0.2, -0.15) is 0 Å². The number of pyridine rings is 1. The van der Waals surface area contributed by atoms with E-state index in [1.807, 2.05) is 0 Å². The SMILES string of the molecule is CN(C(=O)C(c1ccc(F)cc1)c1ccccn1)C1CCS(=O)(=O)C1. The van der Waals surface area contributed by atoms with Crippen LogP contribution < -0.4 is 0 Å². The first kappa shape index (κ1) is 17.5. The summed E-state index contributed by atoms with van der Waals surface area (Å²) in [6, 6.07) is 10.7. The van der Waals surface area contributed by atoms with Crippen LogP contribution in [-0.2, 0) is 14.6 Å². The quantitative estimate of drug-likeness (QED) is 0.834. The summed E-state index contributed by atoms with van der Waals surface area (Å²) in [5, 5.41) is 0. The molecule has 132 valence electrons. The molecule has 0 saturated carbocycles. The van der Waals surface area contributed by atoms with Crippen LogP contribution in [0.15, 0.2) is 48.7 Å². The molecule has 1 aromatic carbocycles. The molecule has 25 heavy (non-hydrogen) atoms. The molecule has 2 unspecified atom stereocenters. The first-order valence-electron chi connectivity index (χ1n) is 8.01. The summed E-state index contributed by atoms with van der Waals surface area (Å²) in [7, 11) is -1.48. The number of likely N-dealkylation sites (N-methyl/N-ethyl adjacent to an activating group) is 1. The largest absolute Gasteiger partial charge is 0.341 e. The first-order chi connectivity index (χ1) is 11.9. The molecule has 2 aromatic rings. The third-order valence-corrected chi connectivity index (χ3v) is 6.29. The van der Waals surface area contributed by atoms with Crippen LogP contribution in [0, 0.1) is 5.82 Å². The molecule has 2 atom stereocenters. The van der Waals surface area contributed by atoms with Crippen LogP contribution in [0.5, 0.6) is 0 Å². The Bertz CT molecular complexity index is 854. The minimum Gasteiger partial charge on any atom is -0.341 e. The van der Waals surface area contributed by atoms with Gasteiger partial charge in [0.1, 0.15) is 11.7 Å². The van der Waals surface area contributed by atoms with Crippen molar-refractivity contribution in [3.05, 3.63) is 65.7 Å². The molecule has 0 aliphatic carbocycles. The monoisotopic (exact) mass is 362 g/mol. The van der Waals surface area contributed by atoms with Crippen molar-refractivity contribution in [1.29, 1.82) is 0 Å². The lowest BCUT2D eigenvalue weighted by Gasteiger charge is -2.28. The van der Waals surface area contributed by atoms with Gasteiger partial charge in [0.05, 0.1) is 17.2 Å². The van der Waals surface area contributed by atoms with E-state index in [0.717, 1.165) is 0 Å². The van der Waals surface area contributed by atoms with Crippen molar-refractivity contribution >= 4 is 15.7 Å². The average molecular weight is 362 g/mol. The van der Waals surface area contributed by atoms with Crippen LogP contribution in [0.4, 0.5) is 4.39 Å². The van der Waals surface area contributed by atoms with Gasteiger partial charge in [-0.25, -0.2) is 12.8 Å². The van der Waals surface area contributed by atoms with Gasteiger partial charge in [-0.15, -0.1) is 0 Å². The number of carbonyl (C=O) groups is 1. The summed E-state index contributed by atoms with van der Waals surface area (Å²) in [4.78, 5) is 18.9. The zero-order valence-electron chi connectivity index (χ0n) is 13.8. The molecule has 7 heteroatoms. The molecule has 1 aliphatic rings. The number of amides is 1. The molecule has 0 bridgehead atoms. The van der Waals surface area contributed by atoms with Crippen LogP contribution in [0.2, 0.25) is 0 Å². The van der Waals surface area contributed by atoms with Gasteiger partial charge in [0.25, 0.3) is 0 Å². The summed E-state index contributed by atoms with van der Waals surface area (Å²) >= 11 is 0. The molecule has 3 rings (SSSR count). The Kier molecular flexibility index (Phi) is 4.85. The van der Waals surface area contributed by atoms with Crippen molar-refractivity contribution in [3.63, 3.8) is 0 Å². The maximum Gasteiger partial charge on any atom is 0.236 e. The molecule has 1 aromatic heterocycles. The lowest BCUT2D eigenvalue weighted by molar-refractivity contribution is -0.132. The standard InChI is InChI=1S/C18H19FN2O3S/c1-21(15-9-11-25(23,24)12-15)18(22)17(16-4-2-3-10-20-16)13-5-7-14(19)8-6-13/h2-8,10,15,17H,9,11-12H2,1H3. The third-order valence-electron chi connectivity index (χ3n) is 4.54. The van der Waals surface area contributed by atoms with Crippen molar-refractivity contribution in [2.24, 2.45) is 0 Å². The Balaban J connectivity index is 1.94. The Morgan fingerprint density at radius 3 is 2.52 bits per heavy atom. The highest BCUT2D eigenvalue weighted by Gasteiger charge is 2.36. The van der Waals surface area contributed by atoms with Crippen LogP contribution in [0.1, 0.15) is 23.6 Å². The Hall–Kier alpha value is -2.28. The van der Waals surface area contributed by atoms with Gasteiger partial charge < -0.3 is 4.90 Å². The molecule has 5 nitrogen and oxygen atoms in total. The summed E-state index contributed by atoms with van der Waals surface area (Å²) in [6.07, 6.45) is 2.03. The number of carbonyl (C=O) groups excluding carboxylic acids is 1. The van der Waals surface area contributed by atoms with Crippen LogP contribution >= 0.6 is 0 Å². The maximum absolute atomic E-state index is 13.3. The molecular weight excluding hydrogens is 343 g/mol. The minimum atomic E-state index is -3.09. The van der Waals surface area contributed by atoms with Gasteiger partial charge in [0.2, 0.25) is 5.91 Å². The highest BCUT2D eigenvalue weighted by molar-refractivity contribution is 7.91. The minimum absolute atomic E-state index is 0.0202. The molecular formula is C18H19FN2O3S. The topological polar surface area (TPSA) is 67.3 Å². The zero-order valence-corrected chi connectivity index (χ0v) is 14.6. The van der Waals surface area contributed by atoms with E-state index in [0.29, 0.717) is 17.7 Å². The fraction of sp³-hybridized carbons (Fsp3) is 0.333. The summed E-state index contributed by atoms with van der Waals surface area (Å²) in [5.41, 5.74) is 1.17. The number of nitrogens with zero attached hydrogens (tertiary/aromatic N) is 2. The molecule has 0 spiro atoms. The van der Waals surface area contributed by atoms with Crippen LogP contribution in [0.3, 0.4) is 0 Å². The smallest absolute Gasteiger partial charge is 0.236 e. The summed E-state index contributed by atoms with van der Waals surface area (Å²) < 4.78 is 36.7. The summed E-state index contributed by atoms with van der Waals surface area (Å²) in [6.45, 7) is 0. The van der Waals surface area contributed by atoms with E-state index in [1.54, 1.807) is 43.6 Å². The van der Waals surface area contributed by atoms with E-state index in [4.69, 9.17) is 0 Å². The van der Waals surface area contributed by atoms with Gasteiger partial charge in [-0.3, -0.25) is 9.78 Å². The molecule has 1 aliphatic heterocycles. The van der Waals surface area contributed by atoms with Crippen molar-refractivity contribution in [1.82, 2.24) is 9.88 Å². The van der Waals surface area contributed by atoms with Crippen LogP contribution in [0.25, 0.3) is 0 Å². The van der Waals surface area contributed by atoms with E-state index in [-0.39, 0.29) is 29.3 Å². The van der Waals surface area contributed by atoms with Crippen molar-refractivity contribution in [2.45, 2.75) is 18.4 Å². The van der Waals surface area contributed by atoms with E-state index in [2.05, 4.69) is 4.98 Å². The van der Waals surface area contributed by atoms with E-state index >= 15 is 0 Å². The predicted molar refractivity (Wildman–Crippen MR) is 92.3 cm³/mol. The highest BCUT2D eigenvalue weighted by atomic mass is 32.2. The zero-order chi connectivity index (χ0) is 18.0. The lowest BCUT2D eigenvalue weighted by Crippen LogP contribution is -2.41. The molecule has 1 amide bonds. The highest BCUT2D eigenvalue weighted by Crippen LogP contribution is 2.28. The number of halogens is 1. The van der Waals surface area contributed by atoms with Gasteiger partial charge >= 0.3 is 0 Å². The summed E-state index contributed by atoms with van der Waals surface area (Å²) in [5.74, 6) is -1.25. The molecule has 2 heterocycles. The number of hydrogen-bond donors (Lipinski definition) is 0. The molecule has 0 radical (unpaired) electrons. The number of rotatable bonds is 4. The average Bonchev–Trinajstić information content (AvgIpc) is 2.97. The number of benzene rings is 1. The number of aromatic nitrogens is 1. The lowest BCUT2D eigenvalue weighted by atomic mass is 9.93. The van der Waals surface area contributed by atoms with Gasteiger partial charge in [0.15, 0.2) is 9.84 Å². The van der Waals surface area contributed by atoms with Gasteiger partial charge in [-0.05, 0) is 36.2 Å². The van der Waals surface area contributed by atoms with Crippen molar-refractivity contribution < 1.29 is 17.6 Å². The normalized spacial score (nSPS) is 20.2. The first-order valence-corrected chi connectivity index (χ1v) is 9.83.